The van der Waals surface area contributed by atoms with Gasteiger partial charge in [0.2, 0.25) is 5.43 Å². The molecule has 3 aliphatic rings. The Labute approximate surface area is 165 Å². The van der Waals surface area contributed by atoms with Gasteiger partial charge >= 0.3 is 5.97 Å². The summed E-state index contributed by atoms with van der Waals surface area (Å²) in [6.45, 7) is 1.05. The minimum absolute atomic E-state index is 0.00384. The topological polar surface area (TPSA) is 88.6 Å². The average molecular weight is 403 g/mol. The van der Waals surface area contributed by atoms with Crippen molar-refractivity contribution in [2.75, 3.05) is 18.0 Å². The molecule has 1 aromatic heterocycles. The summed E-state index contributed by atoms with van der Waals surface area (Å²) in [7, 11) is 0. The highest BCUT2D eigenvalue weighted by atomic mass is 19.1. The number of carboxylic acid groups (broad SMARTS) is 1. The Morgan fingerprint density at radius 1 is 1.17 bits per heavy atom. The number of halogens is 2. The predicted molar refractivity (Wildman–Crippen MR) is 104 cm³/mol. The number of nitrogens with two attached hydrogens (primary N) is 1. The first-order valence-corrected chi connectivity index (χ1v) is 10.2. The lowest BCUT2D eigenvalue weighted by molar-refractivity contribution is 0.0694. The first kappa shape index (κ1) is 18.5. The van der Waals surface area contributed by atoms with Gasteiger partial charge in [0.05, 0.1) is 10.9 Å². The maximum atomic E-state index is 15.7. The van der Waals surface area contributed by atoms with E-state index in [2.05, 4.69) is 0 Å². The smallest absolute Gasteiger partial charge is 0.341 e. The summed E-state index contributed by atoms with van der Waals surface area (Å²) >= 11 is 0. The van der Waals surface area contributed by atoms with Crippen molar-refractivity contribution in [1.82, 2.24) is 4.57 Å². The average Bonchev–Trinajstić information content (AvgIpc) is 3.46. The zero-order valence-electron chi connectivity index (χ0n) is 15.9. The maximum absolute atomic E-state index is 15.7. The molecule has 2 heterocycles. The molecule has 6 nitrogen and oxygen atoms in total. The van der Waals surface area contributed by atoms with Crippen molar-refractivity contribution >= 4 is 22.6 Å². The van der Waals surface area contributed by atoms with Gasteiger partial charge in [-0.05, 0) is 50.0 Å². The fourth-order valence-electron chi connectivity index (χ4n) is 5.26. The van der Waals surface area contributed by atoms with E-state index >= 15 is 8.78 Å². The number of piperidine rings is 1. The number of pyridine rings is 1. The molecule has 154 valence electrons. The van der Waals surface area contributed by atoms with Crippen LogP contribution >= 0.6 is 0 Å². The van der Waals surface area contributed by atoms with Gasteiger partial charge in [-0.2, -0.15) is 0 Å². The molecule has 3 fully saturated rings. The van der Waals surface area contributed by atoms with Crippen molar-refractivity contribution in [3.05, 3.63) is 39.7 Å². The normalized spacial score (nSPS) is 26.7. The molecule has 3 N–H and O–H groups in total. The minimum Gasteiger partial charge on any atom is -0.477 e. The molecule has 2 saturated carbocycles. The third kappa shape index (κ3) is 2.84. The molecule has 2 aliphatic carbocycles. The Bertz CT molecular complexity index is 1080. The SMILES string of the molecule is N[C@H]1CC[C@H]2CN(c3c(F)cc4c(=O)c(C(=O)O)cn(C5CC5)c4c3F)CC[C@@H]21. The first-order chi connectivity index (χ1) is 13.9. The molecular weight excluding hydrogens is 380 g/mol. The van der Waals surface area contributed by atoms with Crippen LogP contribution in [0.25, 0.3) is 10.9 Å². The number of aromatic carboxylic acids is 1. The summed E-state index contributed by atoms with van der Waals surface area (Å²) in [6.07, 6.45) is 5.43. The Balaban J connectivity index is 1.66. The Kier molecular flexibility index (Phi) is 4.17. The van der Waals surface area contributed by atoms with Crippen LogP contribution < -0.4 is 16.1 Å². The van der Waals surface area contributed by atoms with Crippen LogP contribution in [0.4, 0.5) is 14.5 Å². The largest absolute Gasteiger partial charge is 0.477 e. The number of rotatable bonds is 3. The molecule has 8 heteroatoms. The van der Waals surface area contributed by atoms with Crippen LogP contribution in [0.1, 0.15) is 48.5 Å². The molecule has 1 aromatic carbocycles. The maximum Gasteiger partial charge on any atom is 0.341 e. The number of fused-ring (bicyclic) bond motifs is 2. The van der Waals surface area contributed by atoms with E-state index in [0.717, 1.165) is 38.2 Å². The molecule has 2 aromatic rings. The highest BCUT2D eigenvalue weighted by molar-refractivity contribution is 5.94. The Morgan fingerprint density at radius 3 is 2.62 bits per heavy atom. The minimum atomic E-state index is -1.39. The Morgan fingerprint density at radius 2 is 1.93 bits per heavy atom. The number of carboxylic acids is 1. The molecule has 5 rings (SSSR count). The third-order valence-corrected chi connectivity index (χ3v) is 6.88. The molecule has 0 amide bonds. The van der Waals surface area contributed by atoms with Crippen LogP contribution in [0.15, 0.2) is 17.1 Å². The van der Waals surface area contributed by atoms with E-state index in [1.54, 1.807) is 4.90 Å². The lowest BCUT2D eigenvalue weighted by Gasteiger charge is -2.38. The van der Waals surface area contributed by atoms with Gasteiger partial charge in [-0.3, -0.25) is 4.79 Å². The van der Waals surface area contributed by atoms with E-state index in [4.69, 9.17) is 5.73 Å². The van der Waals surface area contributed by atoms with Crippen LogP contribution in [-0.4, -0.2) is 34.8 Å². The number of hydrogen-bond donors (Lipinski definition) is 2. The van der Waals surface area contributed by atoms with E-state index in [1.165, 1.54) is 10.8 Å². The molecule has 0 spiro atoms. The molecule has 0 bridgehead atoms. The van der Waals surface area contributed by atoms with Crippen molar-refractivity contribution < 1.29 is 18.7 Å². The predicted octanol–water partition coefficient (Wildman–Crippen LogP) is 2.88. The van der Waals surface area contributed by atoms with Crippen LogP contribution in [0.2, 0.25) is 0 Å². The number of hydrogen-bond acceptors (Lipinski definition) is 4. The van der Waals surface area contributed by atoms with Crippen LogP contribution in [0.5, 0.6) is 0 Å². The van der Waals surface area contributed by atoms with E-state index in [9.17, 15) is 14.7 Å². The van der Waals surface area contributed by atoms with Crippen molar-refractivity contribution in [3.63, 3.8) is 0 Å². The summed E-state index contributed by atoms with van der Waals surface area (Å²) in [5, 5.41) is 9.12. The van der Waals surface area contributed by atoms with Crippen molar-refractivity contribution in [1.29, 1.82) is 0 Å². The summed E-state index contributed by atoms with van der Waals surface area (Å²) in [4.78, 5) is 25.8. The number of anilines is 1. The molecule has 1 saturated heterocycles. The highest BCUT2D eigenvalue weighted by Gasteiger charge is 2.39. The van der Waals surface area contributed by atoms with E-state index in [0.29, 0.717) is 24.9 Å². The second-order valence-electron chi connectivity index (χ2n) is 8.63. The van der Waals surface area contributed by atoms with Gasteiger partial charge in [-0.15, -0.1) is 0 Å². The second kappa shape index (κ2) is 6.52. The van der Waals surface area contributed by atoms with Gasteiger partial charge in [-0.25, -0.2) is 13.6 Å². The standard InChI is InChI=1S/C21H23F2N3O3/c22-15-7-13-18(26(11-2-3-11)9-14(20(13)27)21(28)29)17(23)19(15)25-6-5-12-10(8-25)1-4-16(12)24/h7,9-12,16H,1-6,8,24H2,(H,28,29)/t10-,12-,16-/m0/s1. The van der Waals surface area contributed by atoms with Gasteiger partial charge < -0.3 is 20.3 Å². The first-order valence-electron chi connectivity index (χ1n) is 10.2. The summed E-state index contributed by atoms with van der Waals surface area (Å²) in [5.74, 6) is -2.29. The monoisotopic (exact) mass is 403 g/mol. The van der Waals surface area contributed by atoms with Gasteiger partial charge in [0.1, 0.15) is 17.1 Å². The van der Waals surface area contributed by atoms with E-state index < -0.39 is 28.6 Å². The van der Waals surface area contributed by atoms with Crippen LogP contribution in [0.3, 0.4) is 0 Å². The highest BCUT2D eigenvalue weighted by Crippen LogP contribution is 2.42. The summed E-state index contributed by atoms with van der Waals surface area (Å²) < 4.78 is 32.2. The molecule has 3 atom stereocenters. The number of aromatic nitrogens is 1. The zero-order valence-corrected chi connectivity index (χ0v) is 15.9. The summed E-state index contributed by atoms with van der Waals surface area (Å²) in [5.41, 5.74) is 4.74. The van der Waals surface area contributed by atoms with E-state index in [-0.39, 0.29) is 28.7 Å². The van der Waals surface area contributed by atoms with Gasteiger partial charge in [0.25, 0.3) is 0 Å². The van der Waals surface area contributed by atoms with Crippen molar-refractivity contribution in [2.24, 2.45) is 17.6 Å². The van der Waals surface area contributed by atoms with Crippen molar-refractivity contribution in [3.8, 4) is 0 Å². The molecule has 0 radical (unpaired) electrons. The Hall–Kier alpha value is -2.48. The van der Waals surface area contributed by atoms with Gasteiger partial charge in [-0.1, -0.05) is 0 Å². The fourth-order valence-corrected chi connectivity index (χ4v) is 5.26. The molecule has 1 aliphatic heterocycles. The number of benzene rings is 1. The second-order valence-corrected chi connectivity index (χ2v) is 8.63. The van der Waals surface area contributed by atoms with Crippen LogP contribution in [0, 0.1) is 23.5 Å². The van der Waals surface area contributed by atoms with Gasteiger partial charge in [0.15, 0.2) is 5.82 Å². The molecule has 0 unspecified atom stereocenters. The van der Waals surface area contributed by atoms with Crippen LogP contribution in [-0.2, 0) is 0 Å². The van der Waals surface area contributed by atoms with Crippen molar-refractivity contribution in [2.45, 2.75) is 44.2 Å². The quantitative estimate of drug-likeness (QED) is 0.823. The van der Waals surface area contributed by atoms with Gasteiger partial charge in [0, 0.05) is 31.4 Å². The number of nitrogens with zero attached hydrogens (tertiary/aromatic N) is 2. The molecule has 29 heavy (non-hydrogen) atoms. The molecular formula is C21H23F2N3O3. The number of carbonyl (C=O) groups is 1. The zero-order chi connectivity index (χ0) is 20.4. The fraction of sp³-hybridized carbons (Fsp3) is 0.524. The van der Waals surface area contributed by atoms with E-state index in [1.807, 2.05) is 0 Å². The summed E-state index contributed by atoms with van der Waals surface area (Å²) in [6, 6.07) is 1.10. The third-order valence-electron chi connectivity index (χ3n) is 6.88. The lowest BCUT2D eigenvalue weighted by Crippen LogP contribution is -2.43. The lowest BCUT2D eigenvalue weighted by atomic mass is 9.86.